The van der Waals surface area contributed by atoms with Gasteiger partial charge in [-0.05, 0) is 55.8 Å². The minimum absolute atomic E-state index is 0.246. The zero-order valence-corrected chi connectivity index (χ0v) is 11.7. The SMILES string of the molecule is NC(CN1CCCC2CCCC21)c1ccc(F)c(F)c1. The number of hydrogen-bond acceptors (Lipinski definition) is 2. The Balaban J connectivity index is 1.68. The van der Waals surface area contributed by atoms with E-state index in [1.807, 2.05) is 0 Å². The smallest absolute Gasteiger partial charge is 0.159 e. The minimum atomic E-state index is -0.810. The number of piperidine rings is 1. The Bertz CT molecular complexity index is 478. The molecule has 0 amide bonds. The molecular formula is C16H22F2N2. The highest BCUT2D eigenvalue weighted by Crippen LogP contribution is 2.37. The zero-order chi connectivity index (χ0) is 14.1. The van der Waals surface area contributed by atoms with Crippen LogP contribution in [0.2, 0.25) is 0 Å². The van der Waals surface area contributed by atoms with Gasteiger partial charge in [-0.15, -0.1) is 0 Å². The Kier molecular flexibility index (Phi) is 4.03. The number of halogens is 2. The largest absolute Gasteiger partial charge is 0.323 e. The molecule has 2 fully saturated rings. The molecule has 2 nitrogen and oxygen atoms in total. The predicted molar refractivity (Wildman–Crippen MR) is 75.2 cm³/mol. The topological polar surface area (TPSA) is 29.3 Å². The van der Waals surface area contributed by atoms with Gasteiger partial charge in [0, 0.05) is 18.6 Å². The number of nitrogens with zero attached hydrogens (tertiary/aromatic N) is 1. The van der Waals surface area contributed by atoms with E-state index >= 15 is 0 Å². The Morgan fingerprint density at radius 1 is 1.15 bits per heavy atom. The van der Waals surface area contributed by atoms with Crippen molar-refractivity contribution in [2.24, 2.45) is 11.7 Å². The summed E-state index contributed by atoms with van der Waals surface area (Å²) >= 11 is 0. The lowest BCUT2D eigenvalue weighted by atomic mass is 9.91. The van der Waals surface area contributed by atoms with Gasteiger partial charge < -0.3 is 5.73 Å². The molecular weight excluding hydrogens is 258 g/mol. The summed E-state index contributed by atoms with van der Waals surface area (Å²) in [6.07, 6.45) is 6.47. The molecule has 1 heterocycles. The van der Waals surface area contributed by atoms with Crippen molar-refractivity contribution < 1.29 is 8.78 Å². The minimum Gasteiger partial charge on any atom is -0.323 e. The Morgan fingerprint density at radius 2 is 1.95 bits per heavy atom. The van der Waals surface area contributed by atoms with Crippen molar-refractivity contribution in [2.75, 3.05) is 13.1 Å². The van der Waals surface area contributed by atoms with E-state index in [1.54, 1.807) is 6.07 Å². The number of likely N-dealkylation sites (tertiary alicyclic amines) is 1. The first-order valence-electron chi connectivity index (χ1n) is 7.59. The molecule has 0 radical (unpaired) electrons. The molecule has 1 saturated heterocycles. The van der Waals surface area contributed by atoms with Gasteiger partial charge in [0.1, 0.15) is 0 Å². The molecule has 2 N–H and O–H groups in total. The zero-order valence-electron chi connectivity index (χ0n) is 11.7. The van der Waals surface area contributed by atoms with Crippen LogP contribution in [0.3, 0.4) is 0 Å². The fourth-order valence-electron chi connectivity index (χ4n) is 3.88. The van der Waals surface area contributed by atoms with Crippen LogP contribution in [-0.4, -0.2) is 24.0 Å². The van der Waals surface area contributed by atoms with Gasteiger partial charge in [-0.1, -0.05) is 12.5 Å². The number of hydrogen-bond donors (Lipinski definition) is 1. The molecule has 0 spiro atoms. The lowest BCUT2D eigenvalue weighted by Gasteiger charge is -2.39. The van der Waals surface area contributed by atoms with Crippen molar-refractivity contribution in [1.29, 1.82) is 0 Å². The van der Waals surface area contributed by atoms with Crippen LogP contribution in [0.15, 0.2) is 18.2 Å². The van der Waals surface area contributed by atoms with Crippen LogP contribution in [-0.2, 0) is 0 Å². The Morgan fingerprint density at radius 3 is 2.75 bits per heavy atom. The normalized spacial score (nSPS) is 28.4. The third kappa shape index (κ3) is 2.72. The Labute approximate surface area is 118 Å². The summed E-state index contributed by atoms with van der Waals surface area (Å²) in [5, 5.41) is 0. The van der Waals surface area contributed by atoms with Gasteiger partial charge in [0.05, 0.1) is 0 Å². The van der Waals surface area contributed by atoms with Crippen molar-refractivity contribution >= 4 is 0 Å². The Hall–Kier alpha value is -1.00. The fraction of sp³-hybridized carbons (Fsp3) is 0.625. The summed E-state index contributed by atoms with van der Waals surface area (Å²) in [5.41, 5.74) is 6.88. The van der Waals surface area contributed by atoms with Crippen LogP contribution < -0.4 is 5.73 Å². The van der Waals surface area contributed by atoms with Crippen LogP contribution in [0, 0.1) is 17.6 Å². The average Bonchev–Trinajstić information content (AvgIpc) is 2.91. The number of benzene rings is 1. The summed E-state index contributed by atoms with van der Waals surface area (Å²) in [4.78, 5) is 2.47. The van der Waals surface area contributed by atoms with Gasteiger partial charge in [0.2, 0.25) is 0 Å². The molecule has 1 aliphatic heterocycles. The standard InChI is InChI=1S/C16H22F2N2/c17-13-7-6-12(9-14(13)18)15(19)10-20-8-2-4-11-3-1-5-16(11)20/h6-7,9,11,15-16H,1-5,8,10,19H2. The van der Waals surface area contributed by atoms with Gasteiger partial charge in [0.15, 0.2) is 11.6 Å². The van der Waals surface area contributed by atoms with Crippen LogP contribution in [0.5, 0.6) is 0 Å². The van der Waals surface area contributed by atoms with Gasteiger partial charge in [-0.25, -0.2) is 8.78 Å². The summed E-state index contributed by atoms with van der Waals surface area (Å²) in [7, 11) is 0. The van der Waals surface area contributed by atoms with E-state index in [1.165, 1.54) is 44.2 Å². The van der Waals surface area contributed by atoms with E-state index in [2.05, 4.69) is 4.90 Å². The molecule has 2 aliphatic rings. The monoisotopic (exact) mass is 280 g/mol. The van der Waals surface area contributed by atoms with Gasteiger partial charge in [-0.3, -0.25) is 4.90 Å². The quantitative estimate of drug-likeness (QED) is 0.921. The predicted octanol–water partition coefficient (Wildman–Crippen LogP) is 3.23. The second-order valence-electron chi connectivity index (χ2n) is 6.18. The molecule has 3 unspecified atom stereocenters. The van der Waals surface area contributed by atoms with Crippen molar-refractivity contribution in [2.45, 2.75) is 44.2 Å². The maximum atomic E-state index is 13.3. The van der Waals surface area contributed by atoms with Crippen molar-refractivity contribution in [3.63, 3.8) is 0 Å². The molecule has 1 aliphatic carbocycles. The van der Waals surface area contributed by atoms with E-state index in [4.69, 9.17) is 5.73 Å². The first kappa shape index (κ1) is 14.0. The summed E-state index contributed by atoms with van der Waals surface area (Å²) in [5.74, 6) is -0.800. The molecule has 1 aromatic carbocycles. The number of nitrogens with two attached hydrogens (primary N) is 1. The van der Waals surface area contributed by atoms with Crippen LogP contribution >= 0.6 is 0 Å². The number of fused-ring (bicyclic) bond motifs is 1. The first-order chi connectivity index (χ1) is 9.65. The molecule has 0 bridgehead atoms. The molecule has 4 heteroatoms. The molecule has 110 valence electrons. The van der Waals surface area contributed by atoms with Crippen molar-refractivity contribution in [3.8, 4) is 0 Å². The van der Waals surface area contributed by atoms with E-state index in [9.17, 15) is 8.78 Å². The second kappa shape index (κ2) is 5.78. The molecule has 3 rings (SSSR count). The van der Waals surface area contributed by atoms with E-state index in [0.717, 1.165) is 19.0 Å². The van der Waals surface area contributed by atoms with Gasteiger partial charge in [0.25, 0.3) is 0 Å². The molecule has 3 atom stereocenters. The lowest BCUT2D eigenvalue weighted by molar-refractivity contribution is 0.106. The van der Waals surface area contributed by atoms with Gasteiger partial charge >= 0.3 is 0 Å². The molecule has 20 heavy (non-hydrogen) atoms. The van der Waals surface area contributed by atoms with E-state index < -0.39 is 11.6 Å². The van der Waals surface area contributed by atoms with E-state index in [0.29, 0.717) is 11.6 Å². The average molecular weight is 280 g/mol. The second-order valence-corrected chi connectivity index (χ2v) is 6.18. The highest BCUT2D eigenvalue weighted by molar-refractivity contribution is 5.21. The highest BCUT2D eigenvalue weighted by Gasteiger charge is 2.35. The highest BCUT2D eigenvalue weighted by atomic mass is 19.2. The lowest BCUT2D eigenvalue weighted by Crippen LogP contribution is -2.45. The maximum Gasteiger partial charge on any atom is 0.159 e. The summed E-state index contributed by atoms with van der Waals surface area (Å²) in [6.45, 7) is 1.82. The summed E-state index contributed by atoms with van der Waals surface area (Å²) in [6, 6.07) is 4.40. The van der Waals surface area contributed by atoms with Crippen molar-refractivity contribution in [3.05, 3.63) is 35.4 Å². The molecule has 1 saturated carbocycles. The summed E-state index contributed by atoms with van der Waals surface area (Å²) < 4.78 is 26.3. The third-order valence-electron chi connectivity index (χ3n) is 4.91. The van der Waals surface area contributed by atoms with E-state index in [-0.39, 0.29) is 6.04 Å². The molecule has 0 aromatic heterocycles. The van der Waals surface area contributed by atoms with Crippen LogP contribution in [0.1, 0.15) is 43.7 Å². The van der Waals surface area contributed by atoms with Crippen molar-refractivity contribution in [1.82, 2.24) is 4.90 Å². The van der Waals surface area contributed by atoms with Crippen LogP contribution in [0.4, 0.5) is 8.78 Å². The van der Waals surface area contributed by atoms with Gasteiger partial charge in [-0.2, -0.15) is 0 Å². The maximum absolute atomic E-state index is 13.3. The molecule has 1 aromatic rings. The number of rotatable bonds is 3. The van der Waals surface area contributed by atoms with Crippen LogP contribution in [0.25, 0.3) is 0 Å². The fourth-order valence-corrected chi connectivity index (χ4v) is 3.88. The first-order valence-corrected chi connectivity index (χ1v) is 7.59. The third-order valence-corrected chi connectivity index (χ3v) is 4.91.